The van der Waals surface area contributed by atoms with Gasteiger partial charge in [0, 0.05) is 49.7 Å². The Bertz CT molecular complexity index is 851. The third-order valence-corrected chi connectivity index (χ3v) is 6.83. The summed E-state index contributed by atoms with van der Waals surface area (Å²) in [6, 6.07) is 8.23. The topological polar surface area (TPSA) is 61.4 Å². The number of rotatable bonds is 5. The van der Waals surface area contributed by atoms with Gasteiger partial charge in [-0.2, -0.15) is 11.8 Å². The van der Waals surface area contributed by atoms with Gasteiger partial charge in [0.05, 0.1) is 6.04 Å². The van der Waals surface area contributed by atoms with Crippen molar-refractivity contribution in [1.82, 2.24) is 15.3 Å². The SMILES string of the molecule is C[C@H](NC(=O)C1CCN(c2cc(N3CCSCC3)ncn2)CC1)c1ccc(F)cc1. The molecule has 2 aliphatic heterocycles. The highest BCUT2D eigenvalue weighted by molar-refractivity contribution is 7.99. The standard InChI is InChI=1S/C22H28FN5OS/c1-16(17-2-4-19(23)5-3-17)26-22(29)18-6-8-27(9-7-18)20-14-21(25-15-24-20)28-10-12-30-13-11-28/h2-5,14-16,18H,6-13H2,1H3,(H,26,29)/t16-/m0/s1. The first-order chi connectivity index (χ1) is 14.6. The van der Waals surface area contributed by atoms with E-state index >= 15 is 0 Å². The Morgan fingerprint density at radius 3 is 2.30 bits per heavy atom. The summed E-state index contributed by atoms with van der Waals surface area (Å²) in [7, 11) is 0. The molecule has 6 nitrogen and oxygen atoms in total. The van der Waals surface area contributed by atoms with Gasteiger partial charge in [-0.25, -0.2) is 14.4 Å². The number of thioether (sulfide) groups is 1. The second kappa shape index (κ2) is 9.64. The maximum atomic E-state index is 13.1. The van der Waals surface area contributed by atoms with E-state index in [2.05, 4.69) is 31.2 Å². The number of nitrogens with zero attached hydrogens (tertiary/aromatic N) is 4. The minimum atomic E-state index is -0.267. The van der Waals surface area contributed by atoms with Crippen LogP contribution in [-0.2, 0) is 4.79 Å². The molecule has 3 heterocycles. The van der Waals surface area contributed by atoms with Crippen molar-refractivity contribution in [2.75, 3.05) is 47.5 Å². The summed E-state index contributed by atoms with van der Waals surface area (Å²) in [5.41, 5.74) is 0.909. The van der Waals surface area contributed by atoms with E-state index < -0.39 is 0 Å². The molecule has 8 heteroatoms. The Hall–Kier alpha value is -2.35. The molecule has 2 aromatic rings. The van der Waals surface area contributed by atoms with E-state index in [0.29, 0.717) is 0 Å². The van der Waals surface area contributed by atoms with E-state index in [1.54, 1.807) is 18.5 Å². The second-order valence-corrected chi connectivity index (χ2v) is 9.10. The average molecular weight is 430 g/mol. The lowest BCUT2D eigenvalue weighted by Crippen LogP contribution is -2.41. The van der Waals surface area contributed by atoms with Crippen molar-refractivity contribution in [2.24, 2.45) is 5.92 Å². The molecule has 1 aromatic heterocycles. The van der Waals surface area contributed by atoms with Crippen LogP contribution in [0, 0.1) is 11.7 Å². The van der Waals surface area contributed by atoms with Gasteiger partial charge in [0.2, 0.25) is 5.91 Å². The Balaban J connectivity index is 1.31. The molecule has 1 atom stereocenters. The van der Waals surface area contributed by atoms with Gasteiger partial charge in [-0.1, -0.05) is 12.1 Å². The van der Waals surface area contributed by atoms with Gasteiger partial charge in [-0.15, -0.1) is 0 Å². The molecular formula is C22H28FN5OS. The summed E-state index contributed by atoms with van der Waals surface area (Å²) >= 11 is 1.98. The van der Waals surface area contributed by atoms with E-state index in [1.165, 1.54) is 12.1 Å². The lowest BCUT2D eigenvalue weighted by molar-refractivity contribution is -0.126. The molecule has 0 aliphatic carbocycles. The molecule has 0 unspecified atom stereocenters. The fourth-order valence-corrected chi connectivity index (χ4v) is 4.92. The van der Waals surface area contributed by atoms with Gasteiger partial charge in [-0.3, -0.25) is 4.79 Å². The van der Waals surface area contributed by atoms with Crippen molar-refractivity contribution < 1.29 is 9.18 Å². The first-order valence-corrected chi connectivity index (χ1v) is 11.7. The highest BCUT2D eigenvalue weighted by atomic mass is 32.2. The van der Waals surface area contributed by atoms with Crippen LogP contribution in [0.2, 0.25) is 0 Å². The maximum absolute atomic E-state index is 13.1. The van der Waals surface area contributed by atoms with Crippen LogP contribution >= 0.6 is 11.8 Å². The van der Waals surface area contributed by atoms with Crippen LogP contribution in [-0.4, -0.2) is 53.6 Å². The summed E-state index contributed by atoms with van der Waals surface area (Å²) in [6.07, 6.45) is 3.24. The van der Waals surface area contributed by atoms with Crippen LogP contribution in [0.3, 0.4) is 0 Å². The molecule has 0 saturated carbocycles. The van der Waals surface area contributed by atoms with Crippen LogP contribution in [0.25, 0.3) is 0 Å². The molecule has 2 aliphatic rings. The number of aromatic nitrogens is 2. The van der Waals surface area contributed by atoms with Crippen molar-refractivity contribution in [1.29, 1.82) is 0 Å². The predicted molar refractivity (Wildman–Crippen MR) is 119 cm³/mol. The first kappa shape index (κ1) is 20.9. The summed E-state index contributed by atoms with van der Waals surface area (Å²) in [4.78, 5) is 26.2. The number of halogens is 1. The fraction of sp³-hybridized carbons (Fsp3) is 0.500. The fourth-order valence-electron chi connectivity index (χ4n) is 4.01. The molecule has 4 rings (SSSR count). The highest BCUT2D eigenvalue weighted by Crippen LogP contribution is 2.26. The highest BCUT2D eigenvalue weighted by Gasteiger charge is 2.27. The minimum absolute atomic E-state index is 0.00965. The first-order valence-electron chi connectivity index (χ1n) is 10.6. The molecule has 2 fully saturated rings. The van der Waals surface area contributed by atoms with Gasteiger partial charge in [-0.05, 0) is 37.5 Å². The quantitative estimate of drug-likeness (QED) is 0.787. The summed E-state index contributed by atoms with van der Waals surface area (Å²) < 4.78 is 13.1. The van der Waals surface area contributed by atoms with Crippen LogP contribution in [0.15, 0.2) is 36.7 Å². The largest absolute Gasteiger partial charge is 0.356 e. The summed E-state index contributed by atoms with van der Waals surface area (Å²) in [6.45, 7) is 5.58. The van der Waals surface area contributed by atoms with E-state index in [-0.39, 0.29) is 23.7 Å². The van der Waals surface area contributed by atoms with Gasteiger partial charge in [0.15, 0.2) is 0 Å². The number of hydrogen-bond donors (Lipinski definition) is 1. The third-order valence-electron chi connectivity index (χ3n) is 5.89. The molecule has 1 amide bonds. The third kappa shape index (κ3) is 5.03. The molecular weight excluding hydrogens is 401 g/mol. The Morgan fingerprint density at radius 1 is 1.07 bits per heavy atom. The Morgan fingerprint density at radius 2 is 1.67 bits per heavy atom. The van der Waals surface area contributed by atoms with Gasteiger partial charge in [0.1, 0.15) is 23.8 Å². The van der Waals surface area contributed by atoms with Crippen LogP contribution < -0.4 is 15.1 Å². The molecule has 2 saturated heterocycles. The molecule has 0 spiro atoms. The zero-order chi connectivity index (χ0) is 20.9. The Kier molecular flexibility index (Phi) is 6.72. The number of carbonyl (C=O) groups excluding carboxylic acids is 1. The normalized spacial score (nSPS) is 18.9. The molecule has 0 radical (unpaired) electrons. The van der Waals surface area contributed by atoms with Gasteiger partial charge < -0.3 is 15.1 Å². The molecule has 160 valence electrons. The maximum Gasteiger partial charge on any atom is 0.223 e. The summed E-state index contributed by atoms with van der Waals surface area (Å²) in [5, 5.41) is 3.08. The number of nitrogens with one attached hydrogen (secondary N) is 1. The van der Waals surface area contributed by atoms with E-state index in [0.717, 1.165) is 67.7 Å². The summed E-state index contributed by atoms with van der Waals surface area (Å²) in [5.74, 6) is 4.00. The molecule has 1 aromatic carbocycles. The number of amides is 1. The lowest BCUT2D eigenvalue weighted by Gasteiger charge is -2.33. The van der Waals surface area contributed by atoms with Crippen molar-refractivity contribution in [2.45, 2.75) is 25.8 Å². The number of carbonyl (C=O) groups is 1. The number of benzene rings is 1. The van der Waals surface area contributed by atoms with Crippen LogP contribution in [0.5, 0.6) is 0 Å². The van der Waals surface area contributed by atoms with Crippen molar-refractivity contribution >= 4 is 29.3 Å². The number of piperidine rings is 1. The van der Waals surface area contributed by atoms with E-state index in [1.807, 2.05) is 18.7 Å². The lowest BCUT2D eigenvalue weighted by atomic mass is 9.95. The van der Waals surface area contributed by atoms with Crippen molar-refractivity contribution in [3.8, 4) is 0 Å². The van der Waals surface area contributed by atoms with E-state index in [9.17, 15) is 9.18 Å². The zero-order valence-corrected chi connectivity index (χ0v) is 18.1. The second-order valence-electron chi connectivity index (χ2n) is 7.88. The molecule has 0 bridgehead atoms. The smallest absolute Gasteiger partial charge is 0.223 e. The predicted octanol–water partition coefficient (Wildman–Crippen LogP) is 3.26. The van der Waals surface area contributed by atoms with Crippen molar-refractivity contribution in [3.05, 3.63) is 48.0 Å². The number of hydrogen-bond acceptors (Lipinski definition) is 6. The zero-order valence-electron chi connectivity index (χ0n) is 17.3. The Labute approximate surface area is 181 Å². The molecule has 1 N–H and O–H groups in total. The van der Waals surface area contributed by atoms with E-state index in [4.69, 9.17) is 0 Å². The average Bonchev–Trinajstić information content (AvgIpc) is 2.80. The minimum Gasteiger partial charge on any atom is -0.356 e. The monoisotopic (exact) mass is 429 g/mol. The molecule has 30 heavy (non-hydrogen) atoms. The van der Waals surface area contributed by atoms with Crippen LogP contribution in [0.4, 0.5) is 16.0 Å². The van der Waals surface area contributed by atoms with Crippen LogP contribution in [0.1, 0.15) is 31.4 Å². The number of anilines is 2. The van der Waals surface area contributed by atoms with Gasteiger partial charge >= 0.3 is 0 Å². The van der Waals surface area contributed by atoms with Crippen molar-refractivity contribution in [3.63, 3.8) is 0 Å². The van der Waals surface area contributed by atoms with Gasteiger partial charge in [0.25, 0.3) is 0 Å².